The predicted octanol–water partition coefficient (Wildman–Crippen LogP) is 5.79. The van der Waals surface area contributed by atoms with E-state index in [2.05, 4.69) is 4.98 Å². The summed E-state index contributed by atoms with van der Waals surface area (Å²) in [4.78, 5) is 16.2. The minimum Gasteiger partial charge on any atom is -0.489 e. The van der Waals surface area contributed by atoms with Crippen LogP contribution in [0.4, 0.5) is 4.39 Å². The Morgan fingerprint density at radius 2 is 1.76 bits per heavy atom. The SMILES string of the molecule is COC(=O)c1ccc(C)c(Cc2cc(Cl)ccc2OCc2ccc(Cl)cc2F)n1. The van der Waals surface area contributed by atoms with Gasteiger partial charge in [0.05, 0.1) is 7.11 Å². The Bertz CT molecular complexity index is 1060. The van der Waals surface area contributed by atoms with Gasteiger partial charge in [-0.2, -0.15) is 0 Å². The van der Waals surface area contributed by atoms with Gasteiger partial charge in [-0.1, -0.05) is 35.3 Å². The minimum atomic E-state index is -0.507. The van der Waals surface area contributed by atoms with Gasteiger partial charge in [0.1, 0.15) is 23.9 Å². The molecular formula is C22H18Cl2FNO3. The maximum absolute atomic E-state index is 14.0. The summed E-state index contributed by atoms with van der Waals surface area (Å²) in [6.07, 6.45) is 0.385. The summed E-state index contributed by atoms with van der Waals surface area (Å²) in [5.74, 6) is -0.392. The Morgan fingerprint density at radius 1 is 1.03 bits per heavy atom. The highest BCUT2D eigenvalue weighted by atomic mass is 35.5. The predicted molar refractivity (Wildman–Crippen MR) is 110 cm³/mol. The molecule has 0 N–H and O–H groups in total. The van der Waals surface area contributed by atoms with Gasteiger partial charge in [-0.25, -0.2) is 14.2 Å². The molecule has 3 aromatic rings. The van der Waals surface area contributed by atoms with Crippen molar-refractivity contribution in [2.24, 2.45) is 0 Å². The molecule has 1 heterocycles. The van der Waals surface area contributed by atoms with Gasteiger partial charge >= 0.3 is 5.97 Å². The third-order valence-corrected chi connectivity index (χ3v) is 4.85. The summed E-state index contributed by atoms with van der Waals surface area (Å²) < 4.78 is 24.6. The zero-order valence-corrected chi connectivity index (χ0v) is 17.4. The number of esters is 1. The van der Waals surface area contributed by atoms with E-state index in [1.807, 2.05) is 13.0 Å². The van der Waals surface area contributed by atoms with Crippen LogP contribution in [-0.4, -0.2) is 18.1 Å². The van der Waals surface area contributed by atoms with Crippen LogP contribution >= 0.6 is 23.2 Å². The molecule has 29 heavy (non-hydrogen) atoms. The molecule has 0 atom stereocenters. The number of benzene rings is 2. The summed E-state index contributed by atoms with van der Waals surface area (Å²) in [5.41, 5.74) is 2.98. The van der Waals surface area contributed by atoms with Crippen molar-refractivity contribution < 1.29 is 18.7 Å². The molecule has 0 saturated carbocycles. The first-order chi connectivity index (χ1) is 13.9. The fourth-order valence-corrected chi connectivity index (χ4v) is 3.12. The van der Waals surface area contributed by atoms with Crippen molar-refractivity contribution in [3.63, 3.8) is 0 Å². The average molecular weight is 434 g/mol. The Kier molecular flexibility index (Phi) is 6.72. The topological polar surface area (TPSA) is 48.4 Å². The smallest absolute Gasteiger partial charge is 0.356 e. The van der Waals surface area contributed by atoms with Crippen LogP contribution in [0.2, 0.25) is 10.0 Å². The molecule has 0 amide bonds. The van der Waals surface area contributed by atoms with Gasteiger partial charge in [-0.15, -0.1) is 0 Å². The number of rotatable bonds is 6. The van der Waals surface area contributed by atoms with E-state index in [4.69, 9.17) is 32.7 Å². The summed E-state index contributed by atoms with van der Waals surface area (Å²) in [6, 6.07) is 13.0. The zero-order valence-electron chi connectivity index (χ0n) is 15.8. The summed E-state index contributed by atoms with van der Waals surface area (Å²) in [5, 5.41) is 0.859. The second kappa shape index (κ2) is 9.25. The number of carbonyl (C=O) groups is 1. The molecule has 7 heteroatoms. The van der Waals surface area contributed by atoms with Crippen molar-refractivity contribution in [1.29, 1.82) is 0 Å². The van der Waals surface area contributed by atoms with Crippen molar-refractivity contribution in [3.8, 4) is 5.75 Å². The normalized spacial score (nSPS) is 10.7. The molecule has 0 aliphatic carbocycles. The molecule has 2 aromatic carbocycles. The van der Waals surface area contributed by atoms with Crippen molar-refractivity contribution in [2.45, 2.75) is 20.0 Å². The number of methoxy groups -OCH3 is 1. The molecule has 150 valence electrons. The van der Waals surface area contributed by atoms with Crippen LogP contribution in [0, 0.1) is 12.7 Å². The first-order valence-electron chi connectivity index (χ1n) is 8.77. The molecule has 0 saturated heterocycles. The van der Waals surface area contributed by atoms with Gasteiger partial charge in [0.15, 0.2) is 0 Å². The number of hydrogen-bond acceptors (Lipinski definition) is 4. The molecule has 1 aromatic heterocycles. The summed E-state index contributed by atoms with van der Waals surface area (Å²) >= 11 is 12.0. The molecule has 0 radical (unpaired) electrons. The molecule has 0 aliphatic heterocycles. The Morgan fingerprint density at radius 3 is 2.48 bits per heavy atom. The lowest BCUT2D eigenvalue weighted by molar-refractivity contribution is 0.0593. The third-order valence-electron chi connectivity index (χ3n) is 4.38. The Labute approximate surface area is 178 Å². The van der Waals surface area contributed by atoms with Crippen molar-refractivity contribution in [1.82, 2.24) is 4.98 Å². The maximum Gasteiger partial charge on any atom is 0.356 e. The van der Waals surface area contributed by atoms with E-state index < -0.39 is 11.8 Å². The van der Waals surface area contributed by atoms with Gasteiger partial charge in [-0.05, 0) is 48.9 Å². The van der Waals surface area contributed by atoms with Gasteiger partial charge < -0.3 is 9.47 Å². The highest BCUT2D eigenvalue weighted by molar-refractivity contribution is 6.30. The van der Waals surface area contributed by atoms with E-state index in [1.54, 1.807) is 36.4 Å². The van der Waals surface area contributed by atoms with Crippen LogP contribution in [0.3, 0.4) is 0 Å². The maximum atomic E-state index is 14.0. The van der Waals surface area contributed by atoms with Crippen LogP contribution in [0.1, 0.15) is 32.9 Å². The molecule has 0 fully saturated rings. The number of carbonyl (C=O) groups excluding carboxylic acids is 1. The van der Waals surface area contributed by atoms with Crippen LogP contribution in [0.5, 0.6) is 5.75 Å². The second-order valence-electron chi connectivity index (χ2n) is 6.40. The first-order valence-corrected chi connectivity index (χ1v) is 9.53. The second-order valence-corrected chi connectivity index (χ2v) is 7.28. The standard InChI is InChI=1S/C22H18Cl2FNO3/c1-13-3-7-19(22(27)28-2)26-20(13)10-15-9-16(23)6-8-21(15)29-12-14-4-5-17(24)11-18(14)25/h3-9,11H,10,12H2,1-2H3. The van der Waals surface area contributed by atoms with E-state index in [0.717, 1.165) is 11.1 Å². The molecule has 0 unspecified atom stereocenters. The van der Waals surface area contributed by atoms with E-state index in [-0.39, 0.29) is 12.3 Å². The van der Waals surface area contributed by atoms with Gasteiger partial charge in [0.25, 0.3) is 0 Å². The lowest BCUT2D eigenvalue weighted by atomic mass is 10.0. The number of ether oxygens (including phenoxy) is 2. The number of halogens is 3. The van der Waals surface area contributed by atoms with Gasteiger partial charge in [0.2, 0.25) is 0 Å². The van der Waals surface area contributed by atoms with Crippen LogP contribution < -0.4 is 4.74 Å². The number of nitrogens with zero attached hydrogens (tertiary/aromatic N) is 1. The van der Waals surface area contributed by atoms with Gasteiger partial charge in [0, 0.05) is 33.3 Å². The third kappa shape index (κ3) is 5.25. The Hall–Kier alpha value is -2.63. The highest BCUT2D eigenvalue weighted by Gasteiger charge is 2.14. The fourth-order valence-electron chi connectivity index (χ4n) is 2.77. The van der Waals surface area contributed by atoms with E-state index in [0.29, 0.717) is 33.5 Å². The zero-order chi connectivity index (χ0) is 21.0. The van der Waals surface area contributed by atoms with Crippen molar-refractivity contribution in [2.75, 3.05) is 7.11 Å². The minimum absolute atomic E-state index is 0.0340. The van der Waals surface area contributed by atoms with Crippen LogP contribution in [0.15, 0.2) is 48.5 Å². The molecule has 0 aliphatic rings. The molecule has 0 bridgehead atoms. The van der Waals surface area contributed by atoms with E-state index in [1.165, 1.54) is 13.2 Å². The average Bonchev–Trinajstić information content (AvgIpc) is 2.69. The van der Waals surface area contributed by atoms with Crippen molar-refractivity contribution >= 4 is 29.2 Å². The number of aromatic nitrogens is 1. The fraction of sp³-hybridized carbons (Fsp3) is 0.182. The van der Waals surface area contributed by atoms with E-state index >= 15 is 0 Å². The van der Waals surface area contributed by atoms with Crippen LogP contribution in [-0.2, 0) is 17.8 Å². The highest BCUT2D eigenvalue weighted by Crippen LogP contribution is 2.27. The molecule has 0 spiro atoms. The van der Waals surface area contributed by atoms with E-state index in [9.17, 15) is 9.18 Å². The summed E-state index contributed by atoms with van der Waals surface area (Å²) in [6.45, 7) is 1.93. The lowest BCUT2D eigenvalue weighted by Crippen LogP contribution is -2.08. The largest absolute Gasteiger partial charge is 0.489 e. The number of aryl methyl sites for hydroxylation is 1. The number of pyridine rings is 1. The molecule has 4 nitrogen and oxygen atoms in total. The first kappa shape index (κ1) is 21.1. The number of hydrogen-bond donors (Lipinski definition) is 0. The quantitative estimate of drug-likeness (QED) is 0.461. The van der Waals surface area contributed by atoms with Crippen LogP contribution in [0.25, 0.3) is 0 Å². The Balaban J connectivity index is 1.87. The molecular weight excluding hydrogens is 416 g/mol. The van der Waals surface area contributed by atoms with Gasteiger partial charge in [-0.3, -0.25) is 0 Å². The summed E-state index contributed by atoms with van der Waals surface area (Å²) in [7, 11) is 1.31. The monoisotopic (exact) mass is 433 g/mol. The lowest BCUT2D eigenvalue weighted by Gasteiger charge is -2.14. The van der Waals surface area contributed by atoms with Crippen molar-refractivity contribution in [3.05, 3.63) is 92.5 Å². The molecule has 3 rings (SSSR count).